The summed E-state index contributed by atoms with van der Waals surface area (Å²) in [7, 11) is 0. The Balaban J connectivity index is 1.26. The van der Waals surface area contributed by atoms with Crippen LogP contribution >= 0.6 is 0 Å². The van der Waals surface area contributed by atoms with Crippen molar-refractivity contribution in [1.29, 1.82) is 0 Å². The predicted molar refractivity (Wildman–Crippen MR) is 112 cm³/mol. The fourth-order valence-corrected chi connectivity index (χ4v) is 4.25. The van der Waals surface area contributed by atoms with Crippen LogP contribution in [0, 0.1) is 17.6 Å². The standard InChI is InChI=1S/C23H21F2N5O/c24-19-2-1-3-20(25)21(19)23(31)29-7-4-15(5-8-29)14-30-9-6-16-10-17(11-26-22(16)30)18-12-27-28-13-18/h1-3,6,9-13,15H,4-5,7-8,14H2,(H,27,28). The molecule has 4 aromatic rings. The van der Waals surface area contributed by atoms with Gasteiger partial charge in [-0.1, -0.05) is 6.07 Å². The molecule has 0 bridgehead atoms. The third kappa shape index (κ3) is 3.69. The van der Waals surface area contributed by atoms with Gasteiger partial charge in [-0.15, -0.1) is 0 Å². The lowest BCUT2D eigenvalue weighted by molar-refractivity contribution is 0.0673. The lowest BCUT2D eigenvalue weighted by Crippen LogP contribution is -2.40. The first kappa shape index (κ1) is 19.4. The number of nitrogens with zero attached hydrogens (tertiary/aromatic N) is 4. The van der Waals surface area contributed by atoms with Crippen molar-refractivity contribution >= 4 is 16.9 Å². The molecule has 6 nitrogen and oxygen atoms in total. The summed E-state index contributed by atoms with van der Waals surface area (Å²) < 4.78 is 30.0. The van der Waals surface area contributed by atoms with Gasteiger partial charge in [-0.05, 0) is 43.0 Å². The average Bonchev–Trinajstić information content (AvgIpc) is 3.44. The predicted octanol–water partition coefficient (Wildman–Crippen LogP) is 4.26. The van der Waals surface area contributed by atoms with E-state index in [0.29, 0.717) is 19.0 Å². The van der Waals surface area contributed by atoms with Crippen molar-refractivity contribution in [3.63, 3.8) is 0 Å². The van der Waals surface area contributed by atoms with Gasteiger partial charge >= 0.3 is 0 Å². The molecule has 0 spiro atoms. The molecule has 1 saturated heterocycles. The summed E-state index contributed by atoms with van der Waals surface area (Å²) in [5.74, 6) is -1.84. The van der Waals surface area contributed by atoms with Crippen LogP contribution in [0.15, 0.2) is 55.1 Å². The Morgan fingerprint density at radius 3 is 2.58 bits per heavy atom. The maximum absolute atomic E-state index is 13.9. The van der Waals surface area contributed by atoms with Crippen LogP contribution in [0.1, 0.15) is 23.2 Å². The number of carbonyl (C=O) groups is 1. The lowest BCUT2D eigenvalue weighted by atomic mass is 9.96. The third-order valence-electron chi connectivity index (χ3n) is 5.97. The van der Waals surface area contributed by atoms with Crippen molar-refractivity contribution in [2.24, 2.45) is 5.92 Å². The highest BCUT2D eigenvalue weighted by atomic mass is 19.1. The molecule has 0 radical (unpaired) electrons. The number of hydrogen-bond acceptors (Lipinski definition) is 3. The minimum atomic E-state index is -0.813. The molecule has 1 N–H and O–H groups in total. The number of hydrogen-bond donors (Lipinski definition) is 1. The second-order valence-electron chi connectivity index (χ2n) is 7.92. The van der Waals surface area contributed by atoms with E-state index in [4.69, 9.17) is 0 Å². The molecule has 5 rings (SSSR count). The van der Waals surface area contributed by atoms with Gasteiger partial charge in [0.05, 0.1) is 6.20 Å². The van der Waals surface area contributed by atoms with Gasteiger partial charge in [-0.2, -0.15) is 5.10 Å². The second kappa shape index (κ2) is 7.94. The molecule has 1 fully saturated rings. The molecule has 3 aromatic heterocycles. The van der Waals surface area contributed by atoms with Gasteiger partial charge in [0.25, 0.3) is 5.91 Å². The van der Waals surface area contributed by atoms with Crippen LogP contribution in [0.25, 0.3) is 22.2 Å². The van der Waals surface area contributed by atoms with Gasteiger partial charge in [0.15, 0.2) is 0 Å². The molecule has 158 valence electrons. The summed E-state index contributed by atoms with van der Waals surface area (Å²) in [6.07, 6.45) is 9.02. The Kier molecular flexibility index (Phi) is 4.97. The molecule has 1 aliphatic heterocycles. The van der Waals surface area contributed by atoms with Crippen molar-refractivity contribution in [2.45, 2.75) is 19.4 Å². The Hall–Kier alpha value is -3.55. The highest BCUT2D eigenvalue weighted by molar-refractivity contribution is 5.94. The minimum absolute atomic E-state index is 0.362. The first-order chi connectivity index (χ1) is 15.1. The summed E-state index contributed by atoms with van der Waals surface area (Å²) in [5.41, 5.74) is 2.45. The van der Waals surface area contributed by atoms with Gasteiger partial charge in [-0.25, -0.2) is 13.8 Å². The average molecular weight is 421 g/mol. The van der Waals surface area contributed by atoms with Crippen molar-refractivity contribution in [3.05, 3.63) is 72.3 Å². The number of aromatic amines is 1. The van der Waals surface area contributed by atoms with E-state index in [1.165, 1.54) is 6.07 Å². The van der Waals surface area contributed by atoms with Crippen LogP contribution < -0.4 is 0 Å². The van der Waals surface area contributed by atoms with Gasteiger partial charge in [0.1, 0.15) is 22.8 Å². The molecular formula is C23H21F2N5O. The highest BCUT2D eigenvalue weighted by Gasteiger charge is 2.27. The van der Waals surface area contributed by atoms with E-state index in [-0.39, 0.29) is 0 Å². The number of benzene rings is 1. The van der Waals surface area contributed by atoms with Crippen LogP contribution in [-0.2, 0) is 6.54 Å². The number of rotatable bonds is 4. The van der Waals surface area contributed by atoms with E-state index in [1.54, 1.807) is 11.1 Å². The number of aromatic nitrogens is 4. The topological polar surface area (TPSA) is 66.8 Å². The first-order valence-corrected chi connectivity index (χ1v) is 10.3. The van der Waals surface area contributed by atoms with Crippen LogP contribution in [0.3, 0.4) is 0 Å². The Labute approximate surface area is 177 Å². The monoisotopic (exact) mass is 421 g/mol. The number of fused-ring (bicyclic) bond motifs is 1. The maximum atomic E-state index is 13.9. The second-order valence-corrected chi connectivity index (χ2v) is 7.92. The summed E-state index contributed by atoms with van der Waals surface area (Å²) in [6.45, 7) is 1.75. The van der Waals surface area contributed by atoms with Crippen molar-refractivity contribution in [1.82, 2.24) is 24.6 Å². The molecule has 1 aliphatic rings. The van der Waals surface area contributed by atoms with Gasteiger partial charge in [-0.3, -0.25) is 9.89 Å². The van der Waals surface area contributed by atoms with Gasteiger partial charge < -0.3 is 9.47 Å². The van der Waals surface area contributed by atoms with E-state index in [9.17, 15) is 13.6 Å². The molecule has 1 amide bonds. The van der Waals surface area contributed by atoms with E-state index < -0.39 is 23.1 Å². The molecule has 0 unspecified atom stereocenters. The van der Waals surface area contributed by atoms with E-state index >= 15 is 0 Å². The molecule has 1 aromatic carbocycles. The Morgan fingerprint density at radius 1 is 1.10 bits per heavy atom. The van der Waals surface area contributed by atoms with Gasteiger partial charge in [0, 0.05) is 54.7 Å². The number of H-pyrrole nitrogens is 1. The molecule has 0 saturated carbocycles. The number of carbonyl (C=O) groups excluding carboxylic acids is 1. The number of halogens is 2. The van der Waals surface area contributed by atoms with Crippen molar-refractivity contribution in [2.75, 3.05) is 13.1 Å². The first-order valence-electron chi connectivity index (χ1n) is 10.3. The fourth-order valence-electron chi connectivity index (χ4n) is 4.25. The summed E-state index contributed by atoms with van der Waals surface area (Å²) >= 11 is 0. The minimum Gasteiger partial charge on any atom is -0.338 e. The third-order valence-corrected chi connectivity index (χ3v) is 5.97. The van der Waals surface area contributed by atoms with Crippen LogP contribution in [-0.4, -0.2) is 43.6 Å². The molecule has 0 aliphatic carbocycles. The molecule has 31 heavy (non-hydrogen) atoms. The SMILES string of the molecule is O=C(c1c(F)cccc1F)N1CCC(Cn2ccc3cc(-c4cn[nH]c4)cnc32)CC1. The number of piperidine rings is 1. The van der Waals surface area contributed by atoms with Crippen LogP contribution in [0.5, 0.6) is 0 Å². The maximum Gasteiger partial charge on any atom is 0.259 e. The van der Waals surface area contributed by atoms with Crippen LogP contribution in [0.4, 0.5) is 8.78 Å². The number of nitrogens with one attached hydrogen (secondary N) is 1. The van der Waals surface area contributed by atoms with Crippen molar-refractivity contribution in [3.8, 4) is 11.1 Å². The lowest BCUT2D eigenvalue weighted by Gasteiger charge is -2.32. The highest BCUT2D eigenvalue weighted by Crippen LogP contribution is 2.26. The zero-order valence-corrected chi connectivity index (χ0v) is 16.8. The number of likely N-dealkylation sites (tertiary alicyclic amines) is 1. The fraction of sp³-hybridized carbons (Fsp3) is 0.261. The Bertz CT molecular complexity index is 1210. The van der Waals surface area contributed by atoms with Gasteiger partial charge in [0.2, 0.25) is 0 Å². The smallest absolute Gasteiger partial charge is 0.259 e. The van der Waals surface area contributed by atoms with Crippen LogP contribution in [0.2, 0.25) is 0 Å². The summed E-state index contributed by atoms with van der Waals surface area (Å²) in [5, 5.41) is 7.85. The number of amides is 1. The normalized spacial score (nSPS) is 15.0. The van der Waals surface area contributed by atoms with Crippen molar-refractivity contribution < 1.29 is 13.6 Å². The molecule has 0 atom stereocenters. The number of pyridine rings is 1. The Morgan fingerprint density at radius 2 is 1.87 bits per heavy atom. The summed E-state index contributed by atoms with van der Waals surface area (Å²) in [4.78, 5) is 18.8. The molecule has 4 heterocycles. The van der Waals surface area contributed by atoms with E-state index in [2.05, 4.69) is 25.8 Å². The zero-order chi connectivity index (χ0) is 21.4. The summed E-state index contributed by atoms with van der Waals surface area (Å²) in [6, 6.07) is 7.64. The molecule has 8 heteroatoms. The largest absolute Gasteiger partial charge is 0.338 e. The molecular weight excluding hydrogens is 400 g/mol. The van der Waals surface area contributed by atoms with E-state index in [1.807, 2.05) is 24.7 Å². The zero-order valence-electron chi connectivity index (χ0n) is 16.8. The van der Waals surface area contributed by atoms with E-state index in [0.717, 1.165) is 53.7 Å². The quantitative estimate of drug-likeness (QED) is 0.536.